The molecule has 1 N–H and O–H groups in total. The summed E-state index contributed by atoms with van der Waals surface area (Å²) in [6.07, 6.45) is 1.33. The van der Waals surface area contributed by atoms with E-state index in [0.29, 0.717) is 34.4 Å². The molecule has 6 heteroatoms. The van der Waals surface area contributed by atoms with Gasteiger partial charge in [0.15, 0.2) is 0 Å². The van der Waals surface area contributed by atoms with Crippen molar-refractivity contribution >= 4 is 39.4 Å². The van der Waals surface area contributed by atoms with Crippen LogP contribution in [0.25, 0.3) is 0 Å². The Bertz CT molecular complexity index is 549. The predicted molar refractivity (Wildman–Crippen MR) is 80.0 cm³/mol. The van der Waals surface area contributed by atoms with Crippen LogP contribution in [0.4, 0.5) is 0 Å². The van der Waals surface area contributed by atoms with Gasteiger partial charge in [0.1, 0.15) is 0 Å². The normalized spacial score (nSPS) is 22.6. The maximum atomic E-state index is 12.5. The third-order valence-corrected chi connectivity index (χ3v) is 4.95. The quantitative estimate of drug-likeness (QED) is 0.879. The van der Waals surface area contributed by atoms with Crippen molar-refractivity contribution < 1.29 is 14.7 Å². The number of amides is 1. The van der Waals surface area contributed by atoms with E-state index in [1.165, 1.54) is 0 Å². The number of piperidine rings is 1. The SMILES string of the molecule is C[C@@H]1[C@H](C(=O)O)CCCN1C(=O)c1ccc(Cl)c(Br)c1. The zero-order chi connectivity index (χ0) is 14.9. The van der Waals surface area contributed by atoms with E-state index in [4.69, 9.17) is 11.6 Å². The smallest absolute Gasteiger partial charge is 0.308 e. The van der Waals surface area contributed by atoms with Gasteiger partial charge in [-0.1, -0.05) is 11.6 Å². The summed E-state index contributed by atoms with van der Waals surface area (Å²) >= 11 is 9.21. The zero-order valence-electron chi connectivity index (χ0n) is 11.0. The first kappa shape index (κ1) is 15.3. The number of rotatable bonds is 2. The van der Waals surface area contributed by atoms with Gasteiger partial charge in [-0.25, -0.2) is 0 Å². The number of carboxylic acid groups (broad SMARTS) is 1. The Hall–Kier alpha value is -1.07. The van der Waals surface area contributed by atoms with Crippen molar-refractivity contribution in [3.05, 3.63) is 33.3 Å². The number of hydrogen-bond donors (Lipinski definition) is 1. The summed E-state index contributed by atoms with van der Waals surface area (Å²) in [6.45, 7) is 2.38. The number of carbonyl (C=O) groups is 2. The lowest BCUT2D eigenvalue weighted by Crippen LogP contribution is -2.49. The largest absolute Gasteiger partial charge is 0.481 e. The fourth-order valence-electron chi connectivity index (χ4n) is 2.55. The third kappa shape index (κ3) is 2.99. The van der Waals surface area contributed by atoms with Crippen LogP contribution in [-0.4, -0.2) is 34.5 Å². The highest BCUT2D eigenvalue weighted by atomic mass is 79.9. The van der Waals surface area contributed by atoms with E-state index < -0.39 is 11.9 Å². The monoisotopic (exact) mass is 359 g/mol. The first-order valence-corrected chi connectivity index (χ1v) is 7.57. The molecular weight excluding hydrogens is 346 g/mol. The molecule has 1 saturated heterocycles. The molecule has 0 spiro atoms. The Kier molecular flexibility index (Phi) is 4.70. The number of halogens is 2. The van der Waals surface area contributed by atoms with Crippen LogP contribution in [0, 0.1) is 5.92 Å². The minimum atomic E-state index is -0.840. The molecule has 2 rings (SSSR count). The lowest BCUT2D eigenvalue weighted by atomic mass is 9.90. The van der Waals surface area contributed by atoms with E-state index in [9.17, 15) is 14.7 Å². The van der Waals surface area contributed by atoms with E-state index in [1.807, 2.05) is 0 Å². The van der Waals surface area contributed by atoms with Crippen molar-refractivity contribution in [1.82, 2.24) is 4.90 Å². The summed E-state index contributed by atoms with van der Waals surface area (Å²) in [5, 5.41) is 9.73. The van der Waals surface area contributed by atoms with Crippen molar-refractivity contribution in [2.45, 2.75) is 25.8 Å². The van der Waals surface area contributed by atoms with E-state index in [0.717, 1.165) is 0 Å². The molecule has 0 aromatic heterocycles. The topological polar surface area (TPSA) is 57.6 Å². The lowest BCUT2D eigenvalue weighted by molar-refractivity contribution is -0.144. The first-order valence-electron chi connectivity index (χ1n) is 6.40. The van der Waals surface area contributed by atoms with Crippen LogP contribution in [0.2, 0.25) is 5.02 Å². The van der Waals surface area contributed by atoms with Crippen molar-refractivity contribution in [2.75, 3.05) is 6.54 Å². The second-order valence-corrected chi connectivity index (χ2v) is 6.22. The van der Waals surface area contributed by atoms with Crippen molar-refractivity contribution in [2.24, 2.45) is 5.92 Å². The molecule has 2 atom stereocenters. The zero-order valence-corrected chi connectivity index (χ0v) is 13.3. The number of carboxylic acids is 1. The van der Waals surface area contributed by atoms with Crippen LogP contribution in [-0.2, 0) is 4.79 Å². The van der Waals surface area contributed by atoms with Crippen LogP contribution >= 0.6 is 27.5 Å². The Morgan fingerprint density at radius 3 is 2.75 bits per heavy atom. The van der Waals surface area contributed by atoms with Gasteiger partial charge in [0.25, 0.3) is 5.91 Å². The summed E-state index contributed by atoms with van der Waals surface area (Å²) in [6, 6.07) is 4.68. The van der Waals surface area contributed by atoms with Gasteiger partial charge in [0.05, 0.1) is 10.9 Å². The van der Waals surface area contributed by atoms with E-state index in [-0.39, 0.29) is 11.9 Å². The van der Waals surface area contributed by atoms with Gasteiger partial charge in [-0.3, -0.25) is 9.59 Å². The number of nitrogens with zero attached hydrogens (tertiary/aromatic N) is 1. The highest BCUT2D eigenvalue weighted by Gasteiger charge is 2.35. The molecule has 0 bridgehead atoms. The minimum absolute atomic E-state index is 0.152. The average molecular weight is 361 g/mol. The second-order valence-electron chi connectivity index (χ2n) is 4.95. The fraction of sp³-hybridized carbons (Fsp3) is 0.429. The molecule has 1 aromatic rings. The molecule has 0 aliphatic carbocycles. The Morgan fingerprint density at radius 2 is 2.15 bits per heavy atom. The van der Waals surface area contributed by atoms with Gasteiger partial charge in [0, 0.05) is 22.6 Å². The number of aliphatic carboxylic acids is 1. The molecule has 0 saturated carbocycles. The van der Waals surface area contributed by atoms with Crippen LogP contribution in [0.15, 0.2) is 22.7 Å². The Balaban J connectivity index is 2.23. The van der Waals surface area contributed by atoms with Gasteiger partial charge in [0.2, 0.25) is 0 Å². The lowest BCUT2D eigenvalue weighted by Gasteiger charge is -2.37. The van der Waals surface area contributed by atoms with Gasteiger partial charge < -0.3 is 10.0 Å². The molecule has 4 nitrogen and oxygen atoms in total. The van der Waals surface area contributed by atoms with Crippen molar-refractivity contribution in [3.8, 4) is 0 Å². The third-order valence-electron chi connectivity index (χ3n) is 3.73. The molecule has 0 radical (unpaired) electrons. The van der Waals surface area contributed by atoms with Gasteiger partial charge >= 0.3 is 5.97 Å². The summed E-state index contributed by atoms with van der Waals surface area (Å²) in [5.41, 5.74) is 0.513. The number of hydrogen-bond acceptors (Lipinski definition) is 2. The summed E-state index contributed by atoms with van der Waals surface area (Å²) in [4.78, 5) is 25.4. The minimum Gasteiger partial charge on any atom is -0.481 e. The van der Waals surface area contributed by atoms with Crippen LogP contribution in [0.3, 0.4) is 0 Å². The van der Waals surface area contributed by atoms with Gasteiger partial charge in [-0.15, -0.1) is 0 Å². The summed E-state index contributed by atoms with van der Waals surface area (Å²) < 4.78 is 0.657. The highest BCUT2D eigenvalue weighted by molar-refractivity contribution is 9.10. The molecule has 1 heterocycles. The van der Waals surface area contributed by atoms with Gasteiger partial charge in [-0.05, 0) is 53.9 Å². The van der Waals surface area contributed by atoms with E-state index in [2.05, 4.69) is 15.9 Å². The molecule has 20 heavy (non-hydrogen) atoms. The molecule has 1 aromatic carbocycles. The predicted octanol–water partition coefficient (Wildman–Crippen LogP) is 3.43. The highest BCUT2D eigenvalue weighted by Crippen LogP contribution is 2.28. The Morgan fingerprint density at radius 1 is 1.45 bits per heavy atom. The molecule has 0 unspecified atom stereocenters. The number of carbonyl (C=O) groups excluding carboxylic acids is 1. The summed E-state index contributed by atoms with van der Waals surface area (Å²) in [5.74, 6) is -1.49. The number of benzene rings is 1. The standard InChI is InChI=1S/C14H15BrClNO3/c1-8-10(14(19)20)3-2-6-17(8)13(18)9-4-5-12(16)11(15)7-9/h4-5,7-8,10H,2-3,6H2,1H3,(H,19,20)/t8-,10-/m1/s1. The van der Waals surface area contributed by atoms with Crippen molar-refractivity contribution in [3.63, 3.8) is 0 Å². The molecule has 108 valence electrons. The second kappa shape index (κ2) is 6.14. The Labute approximate surface area is 130 Å². The van der Waals surface area contributed by atoms with E-state index in [1.54, 1.807) is 30.0 Å². The molecular formula is C14H15BrClNO3. The average Bonchev–Trinajstić information content (AvgIpc) is 2.41. The maximum absolute atomic E-state index is 12.5. The fourth-order valence-corrected chi connectivity index (χ4v) is 3.05. The first-order chi connectivity index (χ1) is 9.41. The number of likely N-dealkylation sites (tertiary alicyclic amines) is 1. The molecule has 1 aliphatic heterocycles. The van der Waals surface area contributed by atoms with Crippen molar-refractivity contribution in [1.29, 1.82) is 0 Å². The molecule has 1 aliphatic rings. The van der Waals surface area contributed by atoms with Crippen LogP contribution < -0.4 is 0 Å². The van der Waals surface area contributed by atoms with Crippen LogP contribution in [0.1, 0.15) is 30.1 Å². The molecule has 1 amide bonds. The maximum Gasteiger partial charge on any atom is 0.308 e. The summed E-state index contributed by atoms with van der Waals surface area (Å²) in [7, 11) is 0. The van der Waals surface area contributed by atoms with Gasteiger partial charge in [-0.2, -0.15) is 0 Å². The molecule has 1 fully saturated rings. The van der Waals surface area contributed by atoms with E-state index >= 15 is 0 Å². The van der Waals surface area contributed by atoms with Crippen LogP contribution in [0.5, 0.6) is 0 Å².